The number of rotatable bonds is 5. The highest BCUT2D eigenvalue weighted by atomic mass is 16.5. The van der Waals surface area contributed by atoms with Gasteiger partial charge in [-0.2, -0.15) is 0 Å². The Hall–Kier alpha value is -2.10. The molecule has 1 heterocycles. The van der Waals surface area contributed by atoms with Gasteiger partial charge in [0.1, 0.15) is 17.4 Å². The van der Waals surface area contributed by atoms with Crippen molar-refractivity contribution in [2.75, 3.05) is 7.11 Å². The molecule has 4 nitrogen and oxygen atoms in total. The topological polar surface area (TPSA) is 55.0 Å². The lowest BCUT2D eigenvalue weighted by Gasteiger charge is -2.05. The van der Waals surface area contributed by atoms with Crippen molar-refractivity contribution in [3.8, 4) is 17.0 Å². The second kappa shape index (κ2) is 5.49. The van der Waals surface area contributed by atoms with E-state index in [1.807, 2.05) is 24.3 Å². The van der Waals surface area contributed by atoms with Gasteiger partial charge in [0.05, 0.1) is 19.0 Å². The van der Waals surface area contributed by atoms with E-state index >= 15 is 0 Å². The number of para-hydroxylation sites is 1. The lowest BCUT2D eigenvalue weighted by atomic mass is 10.1. The number of imidazole rings is 1. The fraction of sp³-hybridized carbons (Fsp3) is 0.286. The fourth-order valence-electron chi connectivity index (χ4n) is 1.79. The monoisotopic (exact) mass is 244 g/mol. The molecule has 0 aliphatic carbocycles. The third kappa shape index (κ3) is 2.77. The molecule has 94 valence electrons. The Morgan fingerprint density at radius 3 is 2.89 bits per heavy atom. The first-order chi connectivity index (χ1) is 8.70. The summed E-state index contributed by atoms with van der Waals surface area (Å²) < 4.78 is 5.31. The molecule has 18 heavy (non-hydrogen) atoms. The highest BCUT2D eigenvalue weighted by Gasteiger charge is 2.08. The molecule has 0 amide bonds. The number of H-pyrrole nitrogens is 1. The van der Waals surface area contributed by atoms with E-state index in [1.54, 1.807) is 20.2 Å². The fourth-order valence-corrected chi connectivity index (χ4v) is 1.79. The molecule has 0 aliphatic rings. The van der Waals surface area contributed by atoms with Gasteiger partial charge in [0.25, 0.3) is 0 Å². The van der Waals surface area contributed by atoms with Crippen LogP contribution in [-0.4, -0.2) is 22.9 Å². The molecule has 0 saturated carbocycles. The van der Waals surface area contributed by atoms with Crippen molar-refractivity contribution < 1.29 is 9.53 Å². The van der Waals surface area contributed by atoms with Crippen LogP contribution in [0.5, 0.6) is 5.75 Å². The maximum Gasteiger partial charge on any atom is 0.130 e. The Morgan fingerprint density at radius 1 is 1.39 bits per heavy atom. The summed E-state index contributed by atoms with van der Waals surface area (Å²) in [7, 11) is 1.64. The number of nitrogens with one attached hydrogen (secondary N) is 1. The van der Waals surface area contributed by atoms with E-state index in [-0.39, 0.29) is 5.78 Å². The summed E-state index contributed by atoms with van der Waals surface area (Å²) >= 11 is 0. The van der Waals surface area contributed by atoms with Crippen molar-refractivity contribution in [1.29, 1.82) is 0 Å². The van der Waals surface area contributed by atoms with E-state index in [0.29, 0.717) is 12.8 Å². The van der Waals surface area contributed by atoms with Crippen molar-refractivity contribution in [2.24, 2.45) is 0 Å². The maximum absolute atomic E-state index is 10.9. The lowest BCUT2D eigenvalue weighted by Crippen LogP contribution is -1.95. The van der Waals surface area contributed by atoms with Gasteiger partial charge in [-0.1, -0.05) is 12.1 Å². The summed E-state index contributed by atoms with van der Waals surface area (Å²) in [4.78, 5) is 18.4. The van der Waals surface area contributed by atoms with Crippen molar-refractivity contribution in [3.05, 3.63) is 36.3 Å². The molecule has 4 heteroatoms. The minimum Gasteiger partial charge on any atom is -0.496 e. The van der Waals surface area contributed by atoms with Gasteiger partial charge in [-0.3, -0.25) is 0 Å². The molecule has 0 unspecified atom stereocenters. The predicted octanol–water partition coefficient (Wildman–Crippen LogP) is 2.61. The SMILES string of the molecule is COc1ccccc1-c1cnc(CCC(C)=O)[nH]1. The number of methoxy groups -OCH3 is 1. The summed E-state index contributed by atoms with van der Waals surface area (Å²) in [6.07, 6.45) is 2.93. The minimum atomic E-state index is 0.172. The van der Waals surface area contributed by atoms with Gasteiger partial charge in [-0.05, 0) is 19.1 Å². The van der Waals surface area contributed by atoms with Gasteiger partial charge in [0.2, 0.25) is 0 Å². The second-order valence-corrected chi connectivity index (χ2v) is 4.15. The Bertz CT molecular complexity index is 546. The van der Waals surface area contributed by atoms with Crippen LogP contribution in [0.2, 0.25) is 0 Å². The van der Waals surface area contributed by atoms with Crippen molar-refractivity contribution in [2.45, 2.75) is 19.8 Å². The van der Waals surface area contributed by atoms with E-state index in [2.05, 4.69) is 9.97 Å². The Morgan fingerprint density at radius 2 is 2.17 bits per heavy atom. The number of hydrogen-bond donors (Lipinski definition) is 1. The van der Waals surface area contributed by atoms with Gasteiger partial charge in [0, 0.05) is 18.4 Å². The van der Waals surface area contributed by atoms with Gasteiger partial charge in [-0.25, -0.2) is 4.98 Å². The van der Waals surface area contributed by atoms with E-state index in [1.165, 1.54) is 0 Å². The third-order valence-electron chi connectivity index (χ3n) is 2.74. The molecule has 0 radical (unpaired) electrons. The number of benzene rings is 1. The smallest absolute Gasteiger partial charge is 0.130 e. The van der Waals surface area contributed by atoms with Gasteiger partial charge < -0.3 is 14.5 Å². The first kappa shape index (κ1) is 12.4. The van der Waals surface area contributed by atoms with Gasteiger partial charge in [0.15, 0.2) is 0 Å². The molecule has 0 fully saturated rings. The molecule has 0 bridgehead atoms. The van der Waals surface area contributed by atoms with Gasteiger partial charge >= 0.3 is 0 Å². The number of hydrogen-bond acceptors (Lipinski definition) is 3. The standard InChI is InChI=1S/C14H16N2O2/c1-10(17)7-8-14-15-9-12(16-14)11-5-3-4-6-13(11)18-2/h3-6,9H,7-8H2,1-2H3,(H,15,16). The molecule has 0 aliphatic heterocycles. The number of Topliss-reactive ketones (excluding diaryl/α,β-unsaturated/α-hetero) is 1. The molecule has 2 rings (SSSR count). The average molecular weight is 244 g/mol. The lowest BCUT2D eigenvalue weighted by molar-refractivity contribution is -0.117. The number of ether oxygens (including phenoxy) is 1. The first-order valence-corrected chi connectivity index (χ1v) is 5.87. The van der Waals surface area contributed by atoms with E-state index in [0.717, 1.165) is 22.8 Å². The number of aryl methyl sites for hydroxylation is 1. The summed E-state index contributed by atoms with van der Waals surface area (Å²) in [6.45, 7) is 1.59. The van der Waals surface area contributed by atoms with Crippen LogP contribution in [0.3, 0.4) is 0 Å². The molecule has 0 spiro atoms. The molecule has 1 N–H and O–H groups in total. The summed E-state index contributed by atoms with van der Waals surface area (Å²) in [6, 6.07) is 7.76. The minimum absolute atomic E-state index is 0.172. The summed E-state index contributed by atoms with van der Waals surface area (Å²) in [5.41, 5.74) is 1.88. The number of aromatic amines is 1. The summed E-state index contributed by atoms with van der Waals surface area (Å²) in [5, 5.41) is 0. The largest absolute Gasteiger partial charge is 0.496 e. The van der Waals surface area contributed by atoms with Crippen molar-refractivity contribution in [3.63, 3.8) is 0 Å². The van der Waals surface area contributed by atoms with Crippen molar-refractivity contribution in [1.82, 2.24) is 9.97 Å². The third-order valence-corrected chi connectivity index (χ3v) is 2.74. The molecular formula is C14H16N2O2. The van der Waals surface area contributed by atoms with Crippen LogP contribution >= 0.6 is 0 Å². The Balaban J connectivity index is 2.21. The molecule has 1 aromatic heterocycles. The number of carbonyl (C=O) groups is 1. The molecule has 0 saturated heterocycles. The number of ketones is 1. The van der Waals surface area contributed by atoms with Gasteiger partial charge in [-0.15, -0.1) is 0 Å². The first-order valence-electron chi connectivity index (χ1n) is 5.87. The number of aromatic nitrogens is 2. The highest BCUT2D eigenvalue weighted by Crippen LogP contribution is 2.27. The number of carbonyl (C=O) groups excluding carboxylic acids is 1. The maximum atomic E-state index is 10.9. The Kier molecular flexibility index (Phi) is 3.77. The zero-order chi connectivity index (χ0) is 13.0. The molecular weight excluding hydrogens is 228 g/mol. The van der Waals surface area contributed by atoms with Crippen LogP contribution in [0, 0.1) is 0 Å². The van der Waals surface area contributed by atoms with E-state index in [9.17, 15) is 4.79 Å². The quantitative estimate of drug-likeness (QED) is 0.879. The van der Waals surface area contributed by atoms with Crippen LogP contribution in [0.1, 0.15) is 19.2 Å². The zero-order valence-electron chi connectivity index (χ0n) is 10.6. The highest BCUT2D eigenvalue weighted by molar-refractivity contribution is 5.75. The van der Waals surface area contributed by atoms with E-state index in [4.69, 9.17) is 4.74 Å². The Labute approximate surface area is 106 Å². The van der Waals surface area contributed by atoms with Crippen LogP contribution in [0.25, 0.3) is 11.3 Å². The van der Waals surface area contributed by atoms with Crippen LogP contribution in [0.4, 0.5) is 0 Å². The average Bonchev–Trinajstić information content (AvgIpc) is 2.85. The molecule has 0 atom stereocenters. The van der Waals surface area contributed by atoms with E-state index < -0.39 is 0 Å². The normalized spacial score (nSPS) is 10.3. The predicted molar refractivity (Wildman–Crippen MR) is 69.6 cm³/mol. The second-order valence-electron chi connectivity index (χ2n) is 4.15. The zero-order valence-corrected chi connectivity index (χ0v) is 10.6. The van der Waals surface area contributed by atoms with Crippen molar-refractivity contribution >= 4 is 5.78 Å². The summed E-state index contributed by atoms with van der Waals surface area (Å²) in [5.74, 6) is 1.80. The number of nitrogens with zero attached hydrogens (tertiary/aromatic N) is 1. The van der Waals surface area contributed by atoms with Crippen LogP contribution in [0.15, 0.2) is 30.5 Å². The van der Waals surface area contributed by atoms with Crippen LogP contribution < -0.4 is 4.74 Å². The molecule has 2 aromatic rings. The van der Waals surface area contributed by atoms with Crippen LogP contribution in [-0.2, 0) is 11.2 Å². The molecule has 1 aromatic carbocycles.